The van der Waals surface area contributed by atoms with E-state index in [1.807, 2.05) is 0 Å². The van der Waals surface area contributed by atoms with Gasteiger partial charge >= 0.3 is 0 Å². The third-order valence-electron chi connectivity index (χ3n) is 3.78. The zero-order valence-corrected chi connectivity index (χ0v) is 10.8. The third-order valence-corrected chi connectivity index (χ3v) is 4.09. The van der Waals surface area contributed by atoms with Gasteiger partial charge in [0, 0.05) is 6.42 Å². The van der Waals surface area contributed by atoms with E-state index < -0.39 is 11.4 Å². The molecule has 1 saturated carbocycles. The molecule has 0 radical (unpaired) electrons. The standard InChI is InChI=1S/C14H18ClFO/c1-2-10-5-6-14(17,8-10)9-11-3-4-12(15)13(16)7-11/h3-4,7,10,17H,2,5-6,8-9H2,1H3. The van der Waals surface area contributed by atoms with Crippen molar-refractivity contribution in [3.05, 3.63) is 34.6 Å². The highest BCUT2D eigenvalue weighted by Crippen LogP contribution is 2.38. The van der Waals surface area contributed by atoms with Crippen molar-refractivity contribution in [3.63, 3.8) is 0 Å². The molecule has 0 bridgehead atoms. The quantitative estimate of drug-likeness (QED) is 0.868. The van der Waals surface area contributed by atoms with Crippen molar-refractivity contribution in [2.45, 2.75) is 44.6 Å². The summed E-state index contributed by atoms with van der Waals surface area (Å²) in [5, 5.41) is 10.6. The Balaban J connectivity index is 2.08. The minimum Gasteiger partial charge on any atom is -0.390 e. The Morgan fingerprint density at radius 1 is 1.53 bits per heavy atom. The van der Waals surface area contributed by atoms with Gasteiger partial charge in [-0.25, -0.2) is 4.39 Å². The van der Waals surface area contributed by atoms with Crippen LogP contribution in [0.1, 0.15) is 38.2 Å². The summed E-state index contributed by atoms with van der Waals surface area (Å²) in [5.74, 6) is 0.204. The zero-order chi connectivity index (χ0) is 12.5. The average Bonchev–Trinajstić information content (AvgIpc) is 2.66. The first-order valence-corrected chi connectivity index (χ1v) is 6.56. The lowest BCUT2D eigenvalue weighted by atomic mass is 9.91. The summed E-state index contributed by atoms with van der Waals surface area (Å²) in [4.78, 5) is 0. The van der Waals surface area contributed by atoms with E-state index >= 15 is 0 Å². The van der Waals surface area contributed by atoms with E-state index in [1.54, 1.807) is 12.1 Å². The second-order valence-electron chi connectivity index (χ2n) is 5.17. The van der Waals surface area contributed by atoms with Gasteiger partial charge < -0.3 is 5.11 Å². The van der Waals surface area contributed by atoms with Crippen molar-refractivity contribution < 1.29 is 9.50 Å². The Morgan fingerprint density at radius 3 is 2.88 bits per heavy atom. The van der Waals surface area contributed by atoms with Crippen LogP contribution in [0.3, 0.4) is 0 Å². The molecule has 2 rings (SSSR count). The molecular weight excluding hydrogens is 239 g/mol. The normalized spacial score (nSPS) is 28.6. The fraction of sp³-hybridized carbons (Fsp3) is 0.571. The summed E-state index contributed by atoms with van der Waals surface area (Å²) in [5.41, 5.74) is 0.173. The molecule has 2 unspecified atom stereocenters. The summed E-state index contributed by atoms with van der Waals surface area (Å²) in [7, 11) is 0. The first-order chi connectivity index (χ1) is 8.02. The van der Waals surface area contributed by atoms with Crippen LogP contribution in [0.25, 0.3) is 0 Å². The molecule has 0 heterocycles. The lowest BCUT2D eigenvalue weighted by Crippen LogP contribution is -2.27. The van der Waals surface area contributed by atoms with Gasteiger partial charge in [0.1, 0.15) is 5.82 Å². The van der Waals surface area contributed by atoms with Gasteiger partial charge in [-0.15, -0.1) is 0 Å². The molecule has 0 spiro atoms. The molecule has 0 aliphatic heterocycles. The van der Waals surface area contributed by atoms with Crippen molar-refractivity contribution in [1.29, 1.82) is 0 Å². The molecule has 0 saturated heterocycles. The average molecular weight is 257 g/mol. The van der Waals surface area contributed by atoms with Gasteiger partial charge in [0.2, 0.25) is 0 Å². The van der Waals surface area contributed by atoms with E-state index in [1.165, 1.54) is 6.07 Å². The molecule has 0 amide bonds. The molecule has 1 aromatic carbocycles. The number of halogens is 2. The van der Waals surface area contributed by atoms with Gasteiger partial charge in [0.15, 0.2) is 0 Å². The molecule has 17 heavy (non-hydrogen) atoms. The molecule has 0 aromatic heterocycles. The second-order valence-corrected chi connectivity index (χ2v) is 5.57. The predicted molar refractivity (Wildman–Crippen MR) is 67.7 cm³/mol. The highest BCUT2D eigenvalue weighted by molar-refractivity contribution is 6.30. The van der Waals surface area contributed by atoms with Crippen molar-refractivity contribution in [3.8, 4) is 0 Å². The van der Waals surface area contributed by atoms with Gasteiger partial charge in [0.25, 0.3) is 0 Å². The highest BCUT2D eigenvalue weighted by Gasteiger charge is 2.36. The van der Waals surface area contributed by atoms with Crippen LogP contribution < -0.4 is 0 Å². The number of benzene rings is 1. The zero-order valence-electron chi connectivity index (χ0n) is 10.0. The van der Waals surface area contributed by atoms with Crippen LogP contribution in [0.15, 0.2) is 18.2 Å². The highest BCUT2D eigenvalue weighted by atomic mass is 35.5. The molecule has 1 aliphatic carbocycles. The Bertz CT molecular complexity index is 407. The van der Waals surface area contributed by atoms with Crippen molar-refractivity contribution in [2.24, 2.45) is 5.92 Å². The molecule has 94 valence electrons. The molecule has 1 aromatic rings. The molecule has 3 heteroatoms. The Kier molecular flexibility index (Phi) is 3.74. The molecule has 1 nitrogen and oxygen atoms in total. The van der Waals surface area contributed by atoms with Crippen molar-refractivity contribution >= 4 is 11.6 Å². The summed E-state index contributed by atoms with van der Waals surface area (Å²) < 4.78 is 13.3. The van der Waals surface area contributed by atoms with Crippen LogP contribution in [0.2, 0.25) is 5.02 Å². The minimum absolute atomic E-state index is 0.138. The van der Waals surface area contributed by atoms with E-state index in [4.69, 9.17) is 11.6 Å². The Hall–Kier alpha value is -0.600. The van der Waals surface area contributed by atoms with Gasteiger partial charge in [-0.3, -0.25) is 0 Å². The monoisotopic (exact) mass is 256 g/mol. The number of rotatable bonds is 3. The van der Waals surface area contributed by atoms with E-state index in [0.717, 1.165) is 31.2 Å². The smallest absolute Gasteiger partial charge is 0.142 e. The maximum absolute atomic E-state index is 13.3. The largest absolute Gasteiger partial charge is 0.390 e. The SMILES string of the molecule is CCC1CCC(O)(Cc2ccc(Cl)c(F)c2)C1. The van der Waals surface area contributed by atoms with Crippen LogP contribution in [0.4, 0.5) is 4.39 Å². The number of hydrogen-bond donors (Lipinski definition) is 1. The van der Waals surface area contributed by atoms with Crippen molar-refractivity contribution in [1.82, 2.24) is 0 Å². The molecule has 1 N–H and O–H groups in total. The van der Waals surface area contributed by atoms with Crippen LogP contribution in [0.5, 0.6) is 0 Å². The first kappa shape index (κ1) is 12.8. The fourth-order valence-corrected chi connectivity index (χ4v) is 2.87. The first-order valence-electron chi connectivity index (χ1n) is 6.19. The summed E-state index contributed by atoms with van der Waals surface area (Å²) in [6, 6.07) is 4.78. The lowest BCUT2D eigenvalue weighted by Gasteiger charge is -2.23. The fourth-order valence-electron chi connectivity index (χ4n) is 2.75. The summed E-state index contributed by atoms with van der Waals surface area (Å²) >= 11 is 5.64. The minimum atomic E-state index is -0.652. The van der Waals surface area contributed by atoms with Crippen LogP contribution in [-0.2, 0) is 6.42 Å². The van der Waals surface area contributed by atoms with Gasteiger partial charge in [0.05, 0.1) is 10.6 Å². The molecule has 1 aliphatic rings. The Labute approximate surface area is 107 Å². The second kappa shape index (κ2) is 4.95. The number of aliphatic hydroxyl groups is 1. The summed E-state index contributed by atoms with van der Waals surface area (Å²) in [6.07, 6.45) is 4.35. The van der Waals surface area contributed by atoms with Crippen LogP contribution >= 0.6 is 11.6 Å². The third kappa shape index (κ3) is 2.99. The van der Waals surface area contributed by atoms with Crippen molar-refractivity contribution in [2.75, 3.05) is 0 Å². The van der Waals surface area contributed by atoms with E-state index in [0.29, 0.717) is 12.3 Å². The summed E-state index contributed by atoms with van der Waals surface area (Å²) in [6.45, 7) is 2.15. The van der Waals surface area contributed by atoms with E-state index in [2.05, 4.69) is 6.92 Å². The predicted octanol–water partition coefficient (Wildman–Crippen LogP) is 3.96. The van der Waals surface area contributed by atoms with Gasteiger partial charge in [-0.2, -0.15) is 0 Å². The topological polar surface area (TPSA) is 20.2 Å². The van der Waals surface area contributed by atoms with Gasteiger partial charge in [-0.1, -0.05) is 31.0 Å². The Morgan fingerprint density at radius 2 is 2.29 bits per heavy atom. The maximum Gasteiger partial charge on any atom is 0.142 e. The van der Waals surface area contributed by atoms with Crippen LogP contribution in [0, 0.1) is 11.7 Å². The van der Waals surface area contributed by atoms with Crippen LogP contribution in [-0.4, -0.2) is 10.7 Å². The lowest BCUT2D eigenvalue weighted by molar-refractivity contribution is 0.0436. The van der Waals surface area contributed by atoms with E-state index in [9.17, 15) is 9.50 Å². The van der Waals surface area contributed by atoms with Gasteiger partial charge in [-0.05, 0) is 42.9 Å². The molecule has 2 atom stereocenters. The van der Waals surface area contributed by atoms with E-state index in [-0.39, 0.29) is 5.02 Å². The number of hydrogen-bond acceptors (Lipinski definition) is 1. The molecule has 1 fully saturated rings. The molecular formula is C14H18ClFO. The maximum atomic E-state index is 13.3.